The van der Waals surface area contributed by atoms with E-state index >= 15 is 0 Å². The van der Waals surface area contributed by atoms with Crippen LogP contribution in [0.3, 0.4) is 0 Å². The van der Waals surface area contributed by atoms with Crippen LogP contribution in [0.2, 0.25) is 0 Å². The van der Waals surface area contributed by atoms with Gasteiger partial charge in [-0.3, -0.25) is 0 Å². The van der Waals surface area contributed by atoms with Crippen molar-refractivity contribution in [2.24, 2.45) is 0 Å². The Labute approximate surface area is 171 Å². The molecule has 0 fully saturated rings. The van der Waals surface area contributed by atoms with Gasteiger partial charge in [-0.05, 0) is 40.0 Å². The second-order valence-corrected chi connectivity index (χ2v) is 7.88. The van der Waals surface area contributed by atoms with Crippen molar-refractivity contribution in [3.8, 4) is 0 Å². The minimum atomic E-state index is -3.91. The molecule has 0 spiro atoms. The fourth-order valence-electron chi connectivity index (χ4n) is 0.571. The molecule has 3 N–H and O–H groups in total. The van der Waals surface area contributed by atoms with E-state index in [1.54, 1.807) is 26.8 Å². The maximum atomic E-state index is 11.8. The van der Waals surface area contributed by atoms with Gasteiger partial charge in [-0.2, -0.15) is 0 Å². The Hall–Kier alpha value is 0.646. The first-order chi connectivity index (χ1) is 10.6. The number of rotatable bonds is 4. The zero-order valence-electron chi connectivity index (χ0n) is 15.9. The largest absolute Gasteiger partial charge is 0 e. The quantitative estimate of drug-likeness (QED) is 0.417. The number of hydrogen-bond acceptors (Lipinski definition) is 3. The molecule has 1 aliphatic rings. The number of halogens is 2. The van der Waals surface area contributed by atoms with Gasteiger partial charge < -0.3 is 15.3 Å². The third-order valence-corrected chi connectivity index (χ3v) is 4.55. The molecule has 0 aromatic carbocycles. The first kappa shape index (κ1) is 32.3. The summed E-state index contributed by atoms with van der Waals surface area (Å²) in [6.07, 6.45) is 8.62. The molecule has 0 radical (unpaired) electrons. The van der Waals surface area contributed by atoms with Crippen LogP contribution >= 0.6 is 0 Å². The molecule has 7 heteroatoms. The van der Waals surface area contributed by atoms with E-state index in [0.717, 1.165) is 19.3 Å². The third-order valence-electron chi connectivity index (χ3n) is 2.73. The minimum absolute atomic E-state index is 0. The number of aliphatic hydroxyl groups is 3. The van der Waals surface area contributed by atoms with Crippen LogP contribution in [0, 0.1) is 6.08 Å². The van der Waals surface area contributed by atoms with Gasteiger partial charge in [-0.15, -0.1) is 0 Å². The molecule has 0 amide bonds. The van der Waals surface area contributed by atoms with Gasteiger partial charge in [-0.25, -0.2) is 0 Å². The number of aliphatic hydroxyl groups excluding tert-OH is 3. The van der Waals surface area contributed by atoms with Crippen LogP contribution in [0.15, 0.2) is 16.6 Å². The van der Waals surface area contributed by atoms with Crippen molar-refractivity contribution >= 4 is 15.3 Å². The smallest absolute Gasteiger partial charge is 0 e. The van der Waals surface area contributed by atoms with E-state index in [-0.39, 0.29) is 48.9 Å². The molecular formula is C17H35F2GeO3Zr-. The first-order valence-corrected chi connectivity index (χ1v) is 11.3. The van der Waals surface area contributed by atoms with Crippen molar-refractivity contribution in [1.29, 1.82) is 0 Å². The van der Waals surface area contributed by atoms with Crippen molar-refractivity contribution in [2.75, 3.05) is 0 Å². The van der Waals surface area contributed by atoms with E-state index in [1.165, 1.54) is 6.08 Å². The van der Waals surface area contributed by atoms with Crippen molar-refractivity contribution in [1.82, 2.24) is 0 Å². The molecule has 24 heavy (non-hydrogen) atoms. The van der Waals surface area contributed by atoms with Crippen LogP contribution in [0.5, 0.6) is 0 Å². The van der Waals surface area contributed by atoms with Crippen molar-refractivity contribution in [2.45, 2.75) is 85.5 Å². The fourth-order valence-corrected chi connectivity index (χ4v) is 1.73. The summed E-state index contributed by atoms with van der Waals surface area (Å²) in [6, 6.07) is 0. The maximum Gasteiger partial charge on any atom is 0 e. The van der Waals surface area contributed by atoms with Crippen LogP contribution in [-0.4, -0.2) is 48.9 Å². The molecule has 0 aromatic rings. The molecule has 3 nitrogen and oxygen atoms in total. The van der Waals surface area contributed by atoms with Crippen LogP contribution in [-0.2, 0) is 26.2 Å². The predicted octanol–water partition coefficient (Wildman–Crippen LogP) is 3.70. The Bertz CT molecular complexity index is 279. The van der Waals surface area contributed by atoms with Gasteiger partial charge >= 0.3 is 51.3 Å². The van der Waals surface area contributed by atoms with Crippen LogP contribution in [0.4, 0.5) is 7.00 Å². The summed E-state index contributed by atoms with van der Waals surface area (Å²) in [5, 5.41) is 25.1. The second-order valence-electron chi connectivity index (χ2n) is 5.31. The van der Waals surface area contributed by atoms with Gasteiger partial charge in [0.25, 0.3) is 0 Å². The van der Waals surface area contributed by atoms with Crippen molar-refractivity contribution in [3.05, 3.63) is 22.6 Å². The monoisotopic (exact) mass is 489 g/mol. The molecule has 0 saturated heterocycles. The predicted molar refractivity (Wildman–Crippen MR) is 95.8 cm³/mol. The summed E-state index contributed by atoms with van der Waals surface area (Å²) in [6.45, 7) is 11.2. The fraction of sp³-hybridized carbons (Fsp3) is 0.765. The average Bonchev–Trinajstić information content (AvgIpc) is 3.03. The molecule has 1 aliphatic carbocycles. The Kier molecular flexibility index (Phi) is 31.9. The first-order valence-electron chi connectivity index (χ1n) is 8.21. The van der Waals surface area contributed by atoms with Crippen LogP contribution in [0.25, 0.3) is 0 Å². The van der Waals surface area contributed by atoms with Crippen molar-refractivity contribution < 1.29 is 48.5 Å². The second kappa shape index (κ2) is 23.6. The SMILES string of the molecule is CCC(C)O.CCC(C)O.CCC(C)O.[F][GeH]([F])[C]1=[C-]CC=C1.[Zr]. The molecule has 0 saturated carbocycles. The molecule has 1 rings (SSSR count). The van der Waals surface area contributed by atoms with E-state index in [9.17, 15) is 7.00 Å². The summed E-state index contributed by atoms with van der Waals surface area (Å²) in [5.41, 5.74) is 0. The standard InChI is InChI=1S/C5H5F2Ge.3C4H10O.Zr/c6-8(7)5-3-1-2-4-5;3*1-3-4(2)5;/h1,3,8H,2H2;3*4-5H,3H2,1-2H3;/q-1;;;;. The average molecular weight is 489 g/mol. The minimum Gasteiger partial charge on any atom is 0 e. The van der Waals surface area contributed by atoms with E-state index in [2.05, 4.69) is 6.08 Å². The van der Waals surface area contributed by atoms with E-state index in [1.807, 2.05) is 20.8 Å². The topological polar surface area (TPSA) is 60.7 Å². The molecule has 3 unspecified atom stereocenters. The number of allylic oxidation sites excluding steroid dienone is 4. The van der Waals surface area contributed by atoms with Gasteiger partial charge in [0.05, 0.1) is 18.3 Å². The Morgan fingerprint density at radius 3 is 1.33 bits per heavy atom. The molecule has 0 aliphatic heterocycles. The Morgan fingerprint density at radius 1 is 0.958 bits per heavy atom. The summed E-state index contributed by atoms with van der Waals surface area (Å²) >= 11 is -3.91. The van der Waals surface area contributed by atoms with E-state index < -0.39 is 15.3 Å². The summed E-state index contributed by atoms with van der Waals surface area (Å²) in [5.74, 6) is 0. The molecule has 0 heterocycles. The van der Waals surface area contributed by atoms with Crippen molar-refractivity contribution in [3.63, 3.8) is 0 Å². The zero-order valence-corrected chi connectivity index (χ0v) is 20.8. The summed E-state index contributed by atoms with van der Waals surface area (Å²) < 4.78 is 23.8. The normalized spacial score (nSPS) is 15.2. The van der Waals surface area contributed by atoms with Gasteiger partial charge in [0, 0.05) is 26.2 Å². The molecular weight excluding hydrogens is 454 g/mol. The van der Waals surface area contributed by atoms with Crippen LogP contribution in [0.1, 0.15) is 67.2 Å². The molecule has 3 atom stereocenters. The van der Waals surface area contributed by atoms with Crippen LogP contribution < -0.4 is 0 Å². The van der Waals surface area contributed by atoms with E-state index in [0.29, 0.717) is 6.42 Å². The van der Waals surface area contributed by atoms with Gasteiger partial charge in [0.15, 0.2) is 0 Å². The van der Waals surface area contributed by atoms with Gasteiger partial charge in [0.2, 0.25) is 0 Å². The Balaban J connectivity index is -0.000000113. The summed E-state index contributed by atoms with van der Waals surface area (Å²) in [4.78, 5) is 0. The summed E-state index contributed by atoms with van der Waals surface area (Å²) in [7, 11) is 0. The zero-order chi connectivity index (χ0) is 18.8. The molecule has 0 bridgehead atoms. The molecule has 0 aromatic heterocycles. The van der Waals surface area contributed by atoms with E-state index in [4.69, 9.17) is 15.3 Å². The van der Waals surface area contributed by atoms with Gasteiger partial charge in [-0.1, -0.05) is 20.8 Å². The third kappa shape index (κ3) is 34.1. The molecule has 144 valence electrons. The maximum absolute atomic E-state index is 11.8. The Morgan fingerprint density at radius 2 is 1.25 bits per heavy atom. The van der Waals surface area contributed by atoms with Gasteiger partial charge in [0.1, 0.15) is 0 Å². The number of hydrogen-bond donors (Lipinski definition) is 3.